The third-order valence-corrected chi connectivity index (χ3v) is 8.01. The van der Waals surface area contributed by atoms with Crippen LogP contribution < -0.4 is 5.32 Å². The highest BCUT2D eigenvalue weighted by Gasteiger charge is 2.63. The average molecular weight is 458 g/mol. The van der Waals surface area contributed by atoms with Gasteiger partial charge in [-0.15, -0.1) is 24.2 Å². The molecule has 3 atom stereocenters. The van der Waals surface area contributed by atoms with E-state index in [2.05, 4.69) is 20.2 Å². The van der Waals surface area contributed by atoms with E-state index in [0.29, 0.717) is 0 Å². The first kappa shape index (κ1) is 23.2. The molecule has 30 heavy (non-hydrogen) atoms. The number of rotatable bonds is 7. The van der Waals surface area contributed by atoms with E-state index in [-0.39, 0.29) is 23.7 Å². The maximum atomic E-state index is 12.5. The Labute approximate surface area is 188 Å². The Morgan fingerprint density at radius 1 is 1.40 bits per heavy atom. The van der Waals surface area contributed by atoms with Crippen molar-refractivity contribution in [1.29, 1.82) is 0 Å². The molecule has 10 heteroatoms. The van der Waals surface area contributed by atoms with E-state index in [0.717, 1.165) is 51.4 Å². The molecule has 3 saturated heterocycles. The number of nitrogens with one attached hydrogen (secondary N) is 1. The first-order valence-electron chi connectivity index (χ1n) is 10.6. The molecule has 0 bridgehead atoms. The number of amidine groups is 1. The van der Waals surface area contributed by atoms with Crippen LogP contribution in [0, 0.1) is 5.92 Å². The number of fused-ring (bicyclic) bond motifs is 1. The Morgan fingerprint density at radius 3 is 2.77 bits per heavy atom. The van der Waals surface area contributed by atoms with E-state index < -0.39 is 22.8 Å². The van der Waals surface area contributed by atoms with Crippen LogP contribution in [0.15, 0.2) is 9.98 Å². The molecule has 0 aromatic carbocycles. The Bertz CT molecular complexity index is 723. The Hall–Kier alpha value is -1.48. The normalized spacial score (nSPS) is 30.5. The molecule has 4 rings (SSSR count). The molecule has 8 nitrogen and oxygen atoms in total. The number of β-lactam (4-membered cyclic amide) rings is 1. The zero-order chi connectivity index (χ0) is 20.6. The fourth-order valence-corrected chi connectivity index (χ4v) is 6.45. The van der Waals surface area contributed by atoms with Gasteiger partial charge in [-0.1, -0.05) is 0 Å². The number of halogens is 1. The zero-order valence-electron chi connectivity index (χ0n) is 17.6. The fourth-order valence-electron chi connectivity index (χ4n) is 4.83. The number of aliphatic imine (C=N–C) groups is 2. The lowest BCUT2D eigenvalue weighted by Gasteiger charge is -2.41. The van der Waals surface area contributed by atoms with Crippen LogP contribution in [0.4, 0.5) is 0 Å². The molecule has 0 aromatic heterocycles. The molecular weight excluding hydrogens is 426 g/mol. The lowest BCUT2D eigenvalue weighted by Crippen LogP contribution is -2.65. The number of piperidine rings is 1. The van der Waals surface area contributed by atoms with Crippen LogP contribution in [-0.4, -0.2) is 87.3 Å². The first-order valence-corrected chi connectivity index (χ1v) is 11.5. The second kappa shape index (κ2) is 9.34. The second-order valence-corrected chi connectivity index (χ2v) is 10.7. The number of nitrogens with zero attached hydrogens (tertiary/aromatic N) is 4. The van der Waals surface area contributed by atoms with Gasteiger partial charge < -0.3 is 20.2 Å². The molecule has 0 unspecified atom stereocenters. The lowest BCUT2D eigenvalue weighted by molar-refractivity contribution is -0.158. The van der Waals surface area contributed by atoms with Gasteiger partial charge >= 0.3 is 5.97 Å². The third kappa shape index (κ3) is 4.56. The minimum atomic E-state index is -0.932. The number of amides is 1. The first-order chi connectivity index (χ1) is 13.9. The Kier molecular flexibility index (Phi) is 7.22. The molecule has 168 valence electrons. The number of hydrogen-bond acceptors (Lipinski definition) is 6. The number of thioether (sulfide) groups is 1. The average Bonchev–Trinajstić information content (AvgIpc) is 3.27. The number of carboxylic acids is 1. The van der Waals surface area contributed by atoms with Gasteiger partial charge in [0.1, 0.15) is 11.4 Å². The maximum absolute atomic E-state index is 12.5. The summed E-state index contributed by atoms with van der Waals surface area (Å²) in [5.74, 6) is 0.838. The zero-order valence-corrected chi connectivity index (χ0v) is 19.3. The summed E-state index contributed by atoms with van der Waals surface area (Å²) in [7, 11) is 0. The van der Waals surface area contributed by atoms with Gasteiger partial charge in [0.2, 0.25) is 0 Å². The lowest BCUT2D eigenvalue weighted by atomic mass is 9.91. The van der Waals surface area contributed by atoms with Crippen LogP contribution in [-0.2, 0) is 9.59 Å². The number of hydrogen-bond donors (Lipinski definition) is 2. The predicted octanol–water partition coefficient (Wildman–Crippen LogP) is 1.84. The smallest absolute Gasteiger partial charge is 0.327 e. The minimum Gasteiger partial charge on any atom is -0.480 e. The third-order valence-electron chi connectivity index (χ3n) is 6.46. The van der Waals surface area contributed by atoms with Gasteiger partial charge in [-0.05, 0) is 45.4 Å². The topological polar surface area (TPSA) is 97.6 Å². The molecule has 1 amide bonds. The highest BCUT2D eigenvalue weighted by molar-refractivity contribution is 8.01. The van der Waals surface area contributed by atoms with Crippen LogP contribution in [0.25, 0.3) is 0 Å². The second-order valence-electron chi connectivity index (χ2n) is 8.93. The van der Waals surface area contributed by atoms with Crippen molar-refractivity contribution in [2.45, 2.75) is 68.2 Å². The molecule has 0 radical (unpaired) electrons. The summed E-state index contributed by atoms with van der Waals surface area (Å²) in [6, 6.07) is -1.21. The summed E-state index contributed by atoms with van der Waals surface area (Å²) in [5, 5.41) is 12.7. The van der Waals surface area contributed by atoms with Gasteiger partial charge in [0, 0.05) is 30.8 Å². The summed E-state index contributed by atoms with van der Waals surface area (Å²) < 4.78 is -0.492. The number of carbonyl (C=O) groups is 2. The largest absolute Gasteiger partial charge is 0.480 e. The van der Waals surface area contributed by atoms with Gasteiger partial charge in [-0.3, -0.25) is 14.8 Å². The van der Waals surface area contributed by atoms with Gasteiger partial charge in [0.25, 0.3) is 5.91 Å². The molecular formula is C20H32ClN5O3S. The summed E-state index contributed by atoms with van der Waals surface area (Å²) in [6.07, 6.45) is 7.64. The number of carbonyl (C=O) groups excluding carboxylic acids is 1. The fraction of sp³-hybridized carbons (Fsp3) is 0.800. The Balaban J connectivity index is 0.00000256. The minimum absolute atomic E-state index is 0. The van der Waals surface area contributed by atoms with E-state index in [1.807, 2.05) is 20.2 Å². The molecule has 3 fully saturated rings. The van der Waals surface area contributed by atoms with Crippen LogP contribution in [0.2, 0.25) is 0 Å². The van der Waals surface area contributed by atoms with E-state index in [9.17, 15) is 14.7 Å². The van der Waals surface area contributed by atoms with E-state index in [4.69, 9.17) is 0 Å². The molecule has 0 saturated carbocycles. The van der Waals surface area contributed by atoms with Crippen molar-refractivity contribution in [3.05, 3.63) is 0 Å². The molecule has 0 spiro atoms. The maximum Gasteiger partial charge on any atom is 0.327 e. The summed E-state index contributed by atoms with van der Waals surface area (Å²) >= 11 is 1.55. The van der Waals surface area contributed by atoms with E-state index in [1.54, 1.807) is 11.8 Å². The molecule has 4 heterocycles. The number of likely N-dealkylation sites (tertiary alicyclic amines) is 1. The van der Waals surface area contributed by atoms with Gasteiger partial charge in [-0.25, -0.2) is 4.79 Å². The summed E-state index contributed by atoms with van der Waals surface area (Å²) in [4.78, 5) is 36.8. The van der Waals surface area contributed by atoms with Crippen LogP contribution in [0.5, 0.6) is 0 Å². The van der Waals surface area contributed by atoms with Crippen LogP contribution >= 0.6 is 24.2 Å². The molecule has 4 aliphatic rings. The van der Waals surface area contributed by atoms with Crippen molar-refractivity contribution < 1.29 is 14.7 Å². The number of aliphatic carboxylic acids is 1. The van der Waals surface area contributed by atoms with Crippen molar-refractivity contribution in [3.63, 3.8) is 0 Å². The summed E-state index contributed by atoms with van der Waals surface area (Å²) in [5.41, 5.74) is 0. The highest BCUT2D eigenvalue weighted by atomic mass is 35.5. The van der Waals surface area contributed by atoms with Crippen molar-refractivity contribution in [3.8, 4) is 0 Å². The quantitative estimate of drug-likeness (QED) is 0.344. The van der Waals surface area contributed by atoms with Crippen LogP contribution in [0.3, 0.4) is 0 Å². The molecule has 4 aliphatic heterocycles. The summed E-state index contributed by atoms with van der Waals surface area (Å²) in [6.45, 7) is 7.63. The van der Waals surface area contributed by atoms with Crippen molar-refractivity contribution in [1.82, 2.24) is 15.1 Å². The standard InChI is InChI=1S/C20H31N5O3S.ClH/c1-20(2)16(19(27)28)25-17(26)15(18(25)29-20)23-12-24-10-6-13(7-11-24)4-3-5-14-21-8-9-22-14;/h12-13,15-16,18H,3-11H2,1-2H3,(H,21,22)(H,27,28);1H/t15-,16+,18-;/m1./s1. The molecule has 0 aliphatic carbocycles. The monoisotopic (exact) mass is 457 g/mol. The predicted molar refractivity (Wildman–Crippen MR) is 122 cm³/mol. The van der Waals surface area contributed by atoms with E-state index in [1.165, 1.54) is 23.6 Å². The van der Waals surface area contributed by atoms with Crippen molar-refractivity contribution in [2.24, 2.45) is 15.9 Å². The van der Waals surface area contributed by atoms with Gasteiger partial charge in [-0.2, -0.15) is 0 Å². The Morgan fingerprint density at radius 2 is 2.13 bits per heavy atom. The van der Waals surface area contributed by atoms with E-state index >= 15 is 0 Å². The van der Waals surface area contributed by atoms with Crippen LogP contribution in [0.1, 0.15) is 46.0 Å². The molecule has 0 aromatic rings. The van der Waals surface area contributed by atoms with Gasteiger partial charge in [0.15, 0.2) is 6.04 Å². The number of carboxylic acid groups (broad SMARTS) is 1. The van der Waals surface area contributed by atoms with Crippen molar-refractivity contribution >= 4 is 48.2 Å². The van der Waals surface area contributed by atoms with Gasteiger partial charge in [0.05, 0.1) is 18.7 Å². The molecule has 2 N–H and O–H groups in total. The highest BCUT2D eigenvalue weighted by Crippen LogP contribution is 2.51. The van der Waals surface area contributed by atoms with Crippen molar-refractivity contribution in [2.75, 3.05) is 26.2 Å². The SMILES string of the molecule is CC1(C)S[C@@H]2[C@H](N=CN3CCC(CCCC4=NCCN4)CC3)C(=O)N2[C@H]1C(=O)O.Cl.